The molecule has 0 bridgehead atoms. The summed E-state index contributed by atoms with van der Waals surface area (Å²) < 4.78 is 22.5. The van der Waals surface area contributed by atoms with E-state index in [1.807, 2.05) is 0 Å². The number of nitrogens with one attached hydrogen (secondary N) is 1. The normalized spacial score (nSPS) is 12.9. The van der Waals surface area contributed by atoms with Crippen LogP contribution in [0.3, 0.4) is 0 Å². The van der Waals surface area contributed by atoms with Gasteiger partial charge in [0.05, 0.1) is 12.2 Å². The first kappa shape index (κ1) is 14.6. The summed E-state index contributed by atoms with van der Waals surface area (Å²) in [6.45, 7) is 1.74. The number of aromatic nitrogens is 2. The number of carbonyl (C=O) groups excluding carboxylic acids is 1. The number of carbonyl (C=O) groups is 1. The molecular weight excluding hydrogens is 300 g/mol. The third-order valence-corrected chi connectivity index (χ3v) is 5.16. The third kappa shape index (κ3) is 3.38. The van der Waals surface area contributed by atoms with Crippen LogP contribution >= 0.6 is 11.3 Å². The lowest BCUT2D eigenvalue weighted by molar-refractivity contribution is 0.0935. The average molecular weight is 312 g/mol. The summed E-state index contributed by atoms with van der Waals surface area (Å²) in [4.78, 5) is 20.3. The summed E-state index contributed by atoms with van der Waals surface area (Å²) in [5, 5.41) is 7.75. The second-order valence-corrected chi connectivity index (χ2v) is 6.89. The molecular formula is C11H12N4O3S2. The number of primary sulfonamides is 1. The van der Waals surface area contributed by atoms with E-state index in [0.29, 0.717) is 4.88 Å². The lowest BCUT2D eigenvalue weighted by Gasteiger charge is -2.11. The molecule has 0 saturated carbocycles. The predicted octanol–water partition coefficient (Wildman–Crippen LogP) is 0.677. The van der Waals surface area contributed by atoms with Crippen LogP contribution in [0.5, 0.6) is 0 Å². The molecule has 0 aliphatic heterocycles. The van der Waals surface area contributed by atoms with Crippen LogP contribution in [0, 0.1) is 0 Å². The van der Waals surface area contributed by atoms with Crippen LogP contribution in [0.1, 0.15) is 28.3 Å². The minimum absolute atomic E-state index is 0.0631. The van der Waals surface area contributed by atoms with Gasteiger partial charge in [-0.3, -0.25) is 9.78 Å². The van der Waals surface area contributed by atoms with Crippen LogP contribution in [-0.2, 0) is 10.0 Å². The van der Waals surface area contributed by atoms with Crippen molar-refractivity contribution in [2.24, 2.45) is 5.14 Å². The van der Waals surface area contributed by atoms with Crippen LogP contribution in [0.25, 0.3) is 0 Å². The molecule has 0 aromatic carbocycles. The zero-order valence-electron chi connectivity index (χ0n) is 10.5. The monoisotopic (exact) mass is 312 g/mol. The van der Waals surface area contributed by atoms with Crippen LogP contribution in [0.15, 0.2) is 34.9 Å². The zero-order chi connectivity index (χ0) is 14.8. The summed E-state index contributed by atoms with van der Waals surface area (Å²) in [5.74, 6) is -0.379. The molecule has 2 aromatic heterocycles. The number of hydrogen-bond acceptors (Lipinski definition) is 6. The number of rotatable bonds is 4. The molecule has 106 valence electrons. The van der Waals surface area contributed by atoms with Crippen LogP contribution in [0.2, 0.25) is 0 Å². The predicted molar refractivity (Wildman–Crippen MR) is 73.6 cm³/mol. The van der Waals surface area contributed by atoms with Crippen molar-refractivity contribution in [1.82, 2.24) is 15.3 Å². The van der Waals surface area contributed by atoms with Crippen molar-refractivity contribution >= 4 is 27.3 Å². The highest BCUT2D eigenvalue weighted by Gasteiger charge is 2.17. The minimum atomic E-state index is -3.71. The van der Waals surface area contributed by atoms with E-state index < -0.39 is 10.0 Å². The molecule has 0 radical (unpaired) electrons. The highest BCUT2D eigenvalue weighted by atomic mass is 32.2. The van der Waals surface area contributed by atoms with Gasteiger partial charge in [0.25, 0.3) is 5.91 Å². The van der Waals surface area contributed by atoms with E-state index in [9.17, 15) is 13.2 Å². The molecule has 3 N–H and O–H groups in total. The Morgan fingerprint density at radius 3 is 2.70 bits per heavy atom. The topological polar surface area (TPSA) is 115 Å². The molecule has 0 saturated heterocycles. The van der Waals surface area contributed by atoms with E-state index in [2.05, 4.69) is 15.3 Å². The smallest absolute Gasteiger partial charge is 0.271 e. The van der Waals surface area contributed by atoms with Gasteiger partial charge in [-0.1, -0.05) is 0 Å². The third-order valence-electron chi connectivity index (χ3n) is 2.45. The largest absolute Gasteiger partial charge is 0.343 e. The number of amides is 1. The second-order valence-electron chi connectivity index (χ2n) is 3.99. The molecule has 1 atom stereocenters. The molecule has 0 fully saturated rings. The molecule has 2 aromatic rings. The fourth-order valence-electron chi connectivity index (χ4n) is 1.48. The molecule has 1 unspecified atom stereocenters. The average Bonchev–Trinajstić information content (AvgIpc) is 2.89. The van der Waals surface area contributed by atoms with Crippen LogP contribution in [-0.4, -0.2) is 24.3 Å². The zero-order valence-corrected chi connectivity index (χ0v) is 12.1. The molecule has 2 rings (SSSR count). The van der Waals surface area contributed by atoms with E-state index in [-0.39, 0.29) is 21.9 Å². The first-order chi connectivity index (χ1) is 9.38. The fourth-order valence-corrected chi connectivity index (χ4v) is 3.23. The molecule has 0 aliphatic carbocycles. The van der Waals surface area contributed by atoms with Gasteiger partial charge in [0.2, 0.25) is 10.0 Å². The second kappa shape index (κ2) is 5.65. The summed E-state index contributed by atoms with van der Waals surface area (Å²) in [6.07, 6.45) is 4.24. The number of hydrogen-bond donors (Lipinski definition) is 2. The lowest BCUT2D eigenvalue weighted by Crippen LogP contribution is -2.27. The maximum absolute atomic E-state index is 11.9. The number of thiophene rings is 1. The molecule has 0 aliphatic rings. The first-order valence-corrected chi connectivity index (χ1v) is 7.93. The molecule has 1 amide bonds. The standard InChI is InChI=1S/C11H12N4O3S2/c1-7(9-2-3-10(19-9)20(12,17)18)15-11(16)8-6-13-4-5-14-8/h2-7H,1H3,(H,15,16)(H2,12,17,18). The molecule has 7 nitrogen and oxygen atoms in total. The molecule has 0 spiro atoms. The Morgan fingerprint density at radius 1 is 1.40 bits per heavy atom. The van der Waals surface area contributed by atoms with Gasteiger partial charge in [0, 0.05) is 17.3 Å². The lowest BCUT2D eigenvalue weighted by atomic mass is 10.2. The van der Waals surface area contributed by atoms with Crippen molar-refractivity contribution in [1.29, 1.82) is 0 Å². The quantitative estimate of drug-likeness (QED) is 0.861. The van der Waals surface area contributed by atoms with E-state index in [1.165, 1.54) is 24.7 Å². The van der Waals surface area contributed by atoms with Crippen molar-refractivity contribution < 1.29 is 13.2 Å². The summed E-state index contributed by atoms with van der Waals surface area (Å²) >= 11 is 1.02. The maximum atomic E-state index is 11.9. The minimum Gasteiger partial charge on any atom is -0.343 e. The van der Waals surface area contributed by atoms with Gasteiger partial charge >= 0.3 is 0 Å². The molecule has 9 heteroatoms. The highest BCUT2D eigenvalue weighted by molar-refractivity contribution is 7.91. The SMILES string of the molecule is CC(NC(=O)c1cnccn1)c1ccc(S(N)(=O)=O)s1. The van der Waals surface area contributed by atoms with Gasteiger partial charge in [-0.15, -0.1) is 11.3 Å². The van der Waals surface area contributed by atoms with Gasteiger partial charge < -0.3 is 5.32 Å². The summed E-state index contributed by atoms with van der Waals surface area (Å²) in [5.41, 5.74) is 0.197. The maximum Gasteiger partial charge on any atom is 0.271 e. The Morgan fingerprint density at radius 2 is 2.15 bits per heavy atom. The highest BCUT2D eigenvalue weighted by Crippen LogP contribution is 2.25. The first-order valence-electron chi connectivity index (χ1n) is 5.57. The van der Waals surface area contributed by atoms with E-state index >= 15 is 0 Å². The van der Waals surface area contributed by atoms with Crippen LogP contribution < -0.4 is 10.5 Å². The Hall–Kier alpha value is -1.84. The number of nitrogens with two attached hydrogens (primary N) is 1. The van der Waals surface area contributed by atoms with Gasteiger partial charge in [0.15, 0.2) is 0 Å². The molecule has 20 heavy (non-hydrogen) atoms. The van der Waals surface area contributed by atoms with Crippen molar-refractivity contribution in [3.8, 4) is 0 Å². The summed E-state index contributed by atoms with van der Waals surface area (Å²) in [7, 11) is -3.71. The Balaban J connectivity index is 2.11. The van der Waals surface area contributed by atoms with Gasteiger partial charge in [0.1, 0.15) is 9.90 Å². The Bertz CT molecular complexity index is 712. The van der Waals surface area contributed by atoms with Crippen molar-refractivity contribution in [2.75, 3.05) is 0 Å². The van der Waals surface area contributed by atoms with E-state index in [4.69, 9.17) is 5.14 Å². The van der Waals surface area contributed by atoms with E-state index in [1.54, 1.807) is 13.0 Å². The molecule has 2 heterocycles. The van der Waals surface area contributed by atoms with Crippen molar-refractivity contribution in [3.63, 3.8) is 0 Å². The number of nitrogens with zero attached hydrogens (tertiary/aromatic N) is 2. The van der Waals surface area contributed by atoms with Crippen molar-refractivity contribution in [3.05, 3.63) is 41.3 Å². The fraction of sp³-hybridized carbons (Fsp3) is 0.182. The van der Waals surface area contributed by atoms with E-state index in [0.717, 1.165) is 11.3 Å². The van der Waals surface area contributed by atoms with Gasteiger partial charge in [-0.2, -0.15) is 0 Å². The Labute approximate surface area is 119 Å². The van der Waals surface area contributed by atoms with Crippen LogP contribution in [0.4, 0.5) is 0 Å². The van der Waals surface area contributed by atoms with Crippen molar-refractivity contribution in [2.45, 2.75) is 17.2 Å². The van der Waals surface area contributed by atoms with Gasteiger partial charge in [-0.25, -0.2) is 18.5 Å². The summed E-state index contributed by atoms with van der Waals surface area (Å²) in [6, 6.07) is 2.68. The van der Waals surface area contributed by atoms with Gasteiger partial charge in [-0.05, 0) is 19.1 Å². The Kier molecular flexibility index (Phi) is 4.12. The number of sulfonamides is 1.